The van der Waals surface area contributed by atoms with E-state index in [0.717, 1.165) is 23.3 Å². The third kappa shape index (κ3) is 3.76. The number of methoxy groups -OCH3 is 1. The minimum atomic E-state index is 0.260. The summed E-state index contributed by atoms with van der Waals surface area (Å²) in [5, 5.41) is 13.6. The molecule has 0 spiro atoms. The third-order valence-corrected chi connectivity index (χ3v) is 3.79. The molecule has 0 heterocycles. The first-order chi connectivity index (χ1) is 10.2. The first-order valence-electron chi connectivity index (χ1n) is 7.30. The van der Waals surface area contributed by atoms with Crippen LogP contribution < -0.4 is 10.1 Å². The highest BCUT2D eigenvalue weighted by Crippen LogP contribution is 2.24. The topological polar surface area (TPSA) is 41.5 Å². The summed E-state index contributed by atoms with van der Waals surface area (Å²) < 4.78 is 5.19. The standard InChI is InChI=1S/C18H23NO2/c1-4-17(14-8-10-16(21-3)11-9-14)19-12-15-7-5-6-13(2)18(15)20/h5-11,17,19-20H,4,12H2,1-3H3. The molecule has 0 aromatic heterocycles. The zero-order chi connectivity index (χ0) is 15.2. The number of phenolic OH excluding ortho intramolecular Hbond substituents is 1. The molecular weight excluding hydrogens is 262 g/mol. The number of ether oxygens (including phenoxy) is 1. The monoisotopic (exact) mass is 285 g/mol. The van der Waals surface area contributed by atoms with Crippen LogP contribution >= 0.6 is 0 Å². The molecule has 3 heteroatoms. The van der Waals surface area contributed by atoms with Gasteiger partial charge >= 0.3 is 0 Å². The van der Waals surface area contributed by atoms with E-state index in [1.165, 1.54) is 5.56 Å². The van der Waals surface area contributed by atoms with Gasteiger partial charge in [0.2, 0.25) is 0 Å². The quantitative estimate of drug-likeness (QED) is 0.844. The van der Waals surface area contributed by atoms with Crippen molar-refractivity contribution >= 4 is 0 Å². The second-order valence-corrected chi connectivity index (χ2v) is 5.20. The summed E-state index contributed by atoms with van der Waals surface area (Å²) in [5.41, 5.74) is 3.07. The number of aromatic hydroxyl groups is 1. The Balaban J connectivity index is 2.06. The van der Waals surface area contributed by atoms with Gasteiger partial charge in [0, 0.05) is 18.2 Å². The van der Waals surface area contributed by atoms with Gasteiger partial charge in [-0.3, -0.25) is 0 Å². The fraction of sp³-hybridized carbons (Fsp3) is 0.333. The van der Waals surface area contributed by atoms with E-state index in [-0.39, 0.29) is 6.04 Å². The van der Waals surface area contributed by atoms with E-state index >= 15 is 0 Å². The van der Waals surface area contributed by atoms with Crippen LogP contribution in [0.5, 0.6) is 11.5 Å². The van der Waals surface area contributed by atoms with Crippen LogP contribution in [0, 0.1) is 6.92 Å². The van der Waals surface area contributed by atoms with E-state index in [9.17, 15) is 5.11 Å². The highest BCUT2D eigenvalue weighted by atomic mass is 16.5. The second-order valence-electron chi connectivity index (χ2n) is 5.20. The van der Waals surface area contributed by atoms with Crippen molar-refractivity contribution < 1.29 is 9.84 Å². The molecule has 0 saturated carbocycles. The molecule has 0 aliphatic carbocycles. The molecule has 0 saturated heterocycles. The maximum absolute atomic E-state index is 10.1. The van der Waals surface area contributed by atoms with Crippen LogP contribution in [-0.4, -0.2) is 12.2 Å². The van der Waals surface area contributed by atoms with Crippen molar-refractivity contribution in [2.75, 3.05) is 7.11 Å². The zero-order valence-electron chi connectivity index (χ0n) is 12.9. The molecule has 2 rings (SSSR count). The van der Waals surface area contributed by atoms with Crippen molar-refractivity contribution in [2.24, 2.45) is 0 Å². The summed E-state index contributed by atoms with van der Waals surface area (Å²) in [7, 11) is 1.67. The molecule has 1 unspecified atom stereocenters. The smallest absolute Gasteiger partial charge is 0.122 e. The number of rotatable bonds is 6. The lowest BCUT2D eigenvalue weighted by Gasteiger charge is -2.18. The lowest BCUT2D eigenvalue weighted by atomic mass is 10.0. The second kappa shape index (κ2) is 7.14. The Kier molecular flexibility index (Phi) is 5.23. The highest BCUT2D eigenvalue weighted by molar-refractivity contribution is 5.39. The maximum atomic E-state index is 10.1. The summed E-state index contributed by atoms with van der Waals surface area (Å²) in [6.07, 6.45) is 0.985. The van der Waals surface area contributed by atoms with Crippen molar-refractivity contribution in [1.82, 2.24) is 5.32 Å². The summed E-state index contributed by atoms with van der Waals surface area (Å²) in [6, 6.07) is 14.2. The molecular formula is C18H23NO2. The van der Waals surface area contributed by atoms with Crippen molar-refractivity contribution in [2.45, 2.75) is 32.9 Å². The normalized spacial score (nSPS) is 12.1. The molecule has 112 valence electrons. The molecule has 0 aliphatic heterocycles. The first kappa shape index (κ1) is 15.4. The van der Waals surface area contributed by atoms with Gasteiger partial charge in [-0.15, -0.1) is 0 Å². The Morgan fingerprint density at radius 1 is 1.14 bits per heavy atom. The molecule has 0 radical (unpaired) electrons. The van der Waals surface area contributed by atoms with E-state index in [1.807, 2.05) is 37.3 Å². The van der Waals surface area contributed by atoms with Crippen LogP contribution in [0.2, 0.25) is 0 Å². The van der Waals surface area contributed by atoms with E-state index in [4.69, 9.17) is 4.74 Å². The average molecular weight is 285 g/mol. The van der Waals surface area contributed by atoms with Gasteiger partial charge in [-0.25, -0.2) is 0 Å². The number of phenols is 1. The Morgan fingerprint density at radius 2 is 1.86 bits per heavy atom. The molecule has 2 aromatic rings. The molecule has 0 amide bonds. The number of para-hydroxylation sites is 1. The zero-order valence-corrected chi connectivity index (χ0v) is 12.9. The summed E-state index contributed by atoms with van der Waals surface area (Å²) in [4.78, 5) is 0. The molecule has 3 nitrogen and oxygen atoms in total. The van der Waals surface area contributed by atoms with Gasteiger partial charge < -0.3 is 15.2 Å². The fourth-order valence-corrected chi connectivity index (χ4v) is 2.43. The van der Waals surface area contributed by atoms with Crippen LogP contribution in [0.4, 0.5) is 0 Å². The van der Waals surface area contributed by atoms with Crippen LogP contribution in [0.1, 0.15) is 36.1 Å². The minimum absolute atomic E-state index is 0.260. The summed E-state index contributed by atoms with van der Waals surface area (Å²) >= 11 is 0. The number of benzene rings is 2. The SMILES string of the molecule is CCC(NCc1cccc(C)c1O)c1ccc(OC)cc1. The van der Waals surface area contributed by atoms with Crippen molar-refractivity contribution in [3.8, 4) is 11.5 Å². The van der Waals surface area contributed by atoms with E-state index in [1.54, 1.807) is 7.11 Å². The summed E-state index contributed by atoms with van der Waals surface area (Å²) in [5.74, 6) is 1.25. The van der Waals surface area contributed by atoms with Gasteiger partial charge in [-0.2, -0.15) is 0 Å². The predicted molar refractivity (Wildman–Crippen MR) is 85.7 cm³/mol. The van der Waals surface area contributed by atoms with Crippen molar-refractivity contribution in [3.63, 3.8) is 0 Å². The predicted octanol–water partition coefficient (Wildman–Crippen LogP) is 3.95. The Morgan fingerprint density at radius 3 is 2.48 bits per heavy atom. The lowest BCUT2D eigenvalue weighted by molar-refractivity contribution is 0.414. The Hall–Kier alpha value is -2.00. The molecule has 2 N–H and O–H groups in total. The maximum Gasteiger partial charge on any atom is 0.122 e. The number of aryl methyl sites for hydroxylation is 1. The Bertz CT molecular complexity index is 578. The number of nitrogens with one attached hydrogen (secondary N) is 1. The first-order valence-corrected chi connectivity index (χ1v) is 7.30. The van der Waals surface area contributed by atoms with Crippen molar-refractivity contribution in [1.29, 1.82) is 0 Å². The molecule has 21 heavy (non-hydrogen) atoms. The minimum Gasteiger partial charge on any atom is -0.507 e. The highest BCUT2D eigenvalue weighted by Gasteiger charge is 2.10. The van der Waals surface area contributed by atoms with E-state index in [0.29, 0.717) is 12.3 Å². The van der Waals surface area contributed by atoms with Gasteiger partial charge in [-0.05, 0) is 36.6 Å². The molecule has 0 aliphatic rings. The van der Waals surface area contributed by atoms with Crippen LogP contribution in [0.3, 0.4) is 0 Å². The van der Waals surface area contributed by atoms with Crippen LogP contribution in [0.15, 0.2) is 42.5 Å². The lowest BCUT2D eigenvalue weighted by Crippen LogP contribution is -2.20. The number of hydrogen-bond acceptors (Lipinski definition) is 3. The van der Waals surface area contributed by atoms with Gasteiger partial charge in [0.05, 0.1) is 7.11 Å². The van der Waals surface area contributed by atoms with Crippen molar-refractivity contribution in [3.05, 3.63) is 59.2 Å². The van der Waals surface area contributed by atoms with Crippen LogP contribution in [-0.2, 0) is 6.54 Å². The van der Waals surface area contributed by atoms with Gasteiger partial charge in [0.25, 0.3) is 0 Å². The Labute approximate surface area is 126 Å². The number of hydrogen-bond donors (Lipinski definition) is 2. The molecule has 2 aromatic carbocycles. The molecule has 1 atom stereocenters. The average Bonchev–Trinajstić information content (AvgIpc) is 2.52. The molecule has 0 bridgehead atoms. The van der Waals surface area contributed by atoms with Crippen LogP contribution in [0.25, 0.3) is 0 Å². The largest absolute Gasteiger partial charge is 0.507 e. The molecule has 0 fully saturated rings. The van der Waals surface area contributed by atoms with E-state index < -0.39 is 0 Å². The van der Waals surface area contributed by atoms with E-state index in [2.05, 4.69) is 24.4 Å². The van der Waals surface area contributed by atoms with Gasteiger partial charge in [0.1, 0.15) is 11.5 Å². The third-order valence-electron chi connectivity index (χ3n) is 3.79. The van der Waals surface area contributed by atoms with Gasteiger partial charge in [0.15, 0.2) is 0 Å². The van der Waals surface area contributed by atoms with Gasteiger partial charge in [-0.1, -0.05) is 37.3 Å². The summed E-state index contributed by atoms with van der Waals surface area (Å²) in [6.45, 7) is 4.72. The fourth-order valence-electron chi connectivity index (χ4n) is 2.43.